The third kappa shape index (κ3) is 4.58. The Labute approximate surface area is 132 Å². The van der Waals surface area contributed by atoms with Crippen LogP contribution in [0.15, 0.2) is 30.3 Å². The minimum absolute atomic E-state index is 0.0507. The van der Waals surface area contributed by atoms with E-state index < -0.39 is 0 Å². The van der Waals surface area contributed by atoms with Crippen molar-refractivity contribution >= 4 is 11.8 Å². The van der Waals surface area contributed by atoms with E-state index in [9.17, 15) is 9.59 Å². The predicted molar refractivity (Wildman–Crippen MR) is 87.3 cm³/mol. The maximum Gasteiger partial charge on any atom is 0.226 e. The molecule has 0 radical (unpaired) electrons. The summed E-state index contributed by atoms with van der Waals surface area (Å²) in [4.78, 5) is 26.3. The second kappa shape index (κ2) is 7.97. The number of hydrogen-bond donors (Lipinski definition) is 1. The summed E-state index contributed by atoms with van der Waals surface area (Å²) in [5, 5.41) is 3.04. The number of benzene rings is 1. The Balaban J connectivity index is 1.79. The van der Waals surface area contributed by atoms with Crippen molar-refractivity contribution in [2.45, 2.75) is 45.6 Å². The molecule has 0 aromatic heterocycles. The SMILES string of the molecule is CC[C@H](C)NC(=O)C1CCN(C(=O)Cc2ccccc2)CC1. The molecule has 22 heavy (non-hydrogen) atoms. The van der Waals surface area contributed by atoms with Gasteiger partial charge in [-0.05, 0) is 31.7 Å². The van der Waals surface area contributed by atoms with E-state index in [2.05, 4.69) is 12.2 Å². The summed E-state index contributed by atoms with van der Waals surface area (Å²) in [7, 11) is 0. The van der Waals surface area contributed by atoms with Crippen molar-refractivity contribution < 1.29 is 9.59 Å². The van der Waals surface area contributed by atoms with Crippen LogP contribution in [0.25, 0.3) is 0 Å². The number of nitrogens with one attached hydrogen (secondary N) is 1. The first-order valence-corrected chi connectivity index (χ1v) is 8.22. The van der Waals surface area contributed by atoms with E-state index >= 15 is 0 Å². The molecule has 0 unspecified atom stereocenters. The highest BCUT2D eigenvalue weighted by Gasteiger charge is 2.27. The van der Waals surface area contributed by atoms with Crippen LogP contribution in [0, 0.1) is 5.92 Å². The quantitative estimate of drug-likeness (QED) is 0.908. The van der Waals surface area contributed by atoms with E-state index in [4.69, 9.17) is 0 Å². The summed E-state index contributed by atoms with van der Waals surface area (Å²) in [6, 6.07) is 10.0. The number of carbonyl (C=O) groups is 2. The number of amides is 2. The summed E-state index contributed by atoms with van der Waals surface area (Å²) in [6.45, 7) is 5.46. The van der Waals surface area contributed by atoms with Gasteiger partial charge >= 0.3 is 0 Å². The normalized spacial score (nSPS) is 17.1. The molecule has 0 spiro atoms. The molecule has 1 fully saturated rings. The molecular weight excluding hydrogens is 276 g/mol. The van der Waals surface area contributed by atoms with E-state index in [1.165, 1.54) is 0 Å². The fourth-order valence-electron chi connectivity index (χ4n) is 2.74. The van der Waals surface area contributed by atoms with E-state index in [1.54, 1.807) is 0 Å². The molecule has 1 aliphatic heterocycles. The number of nitrogens with zero attached hydrogens (tertiary/aromatic N) is 1. The second-order valence-electron chi connectivity index (χ2n) is 6.14. The fraction of sp³-hybridized carbons (Fsp3) is 0.556. The molecular formula is C18H26N2O2. The van der Waals surface area contributed by atoms with Crippen LogP contribution in [0.3, 0.4) is 0 Å². The number of rotatable bonds is 5. The zero-order chi connectivity index (χ0) is 15.9. The van der Waals surface area contributed by atoms with Crippen molar-refractivity contribution in [3.63, 3.8) is 0 Å². The maximum atomic E-state index is 12.3. The van der Waals surface area contributed by atoms with Crippen molar-refractivity contribution in [2.24, 2.45) is 5.92 Å². The molecule has 0 bridgehead atoms. The molecule has 1 heterocycles. The molecule has 120 valence electrons. The molecule has 1 N–H and O–H groups in total. The lowest BCUT2D eigenvalue weighted by atomic mass is 9.95. The van der Waals surface area contributed by atoms with Gasteiger partial charge in [0.1, 0.15) is 0 Å². The van der Waals surface area contributed by atoms with Crippen LogP contribution in [0.5, 0.6) is 0 Å². The largest absolute Gasteiger partial charge is 0.353 e. The van der Waals surface area contributed by atoms with Crippen LogP contribution in [-0.4, -0.2) is 35.8 Å². The van der Waals surface area contributed by atoms with E-state index in [1.807, 2.05) is 42.2 Å². The average molecular weight is 302 g/mol. The van der Waals surface area contributed by atoms with Crippen molar-refractivity contribution in [3.8, 4) is 0 Å². The number of piperidine rings is 1. The Bertz CT molecular complexity index is 493. The number of hydrogen-bond acceptors (Lipinski definition) is 2. The number of likely N-dealkylation sites (tertiary alicyclic amines) is 1. The summed E-state index contributed by atoms with van der Waals surface area (Å²) >= 11 is 0. The standard InChI is InChI=1S/C18H26N2O2/c1-3-14(2)19-18(22)16-9-11-20(12-10-16)17(21)13-15-7-5-4-6-8-15/h4-8,14,16H,3,9-13H2,1-2H3,(H,19,22)/t14-/m0/s1. The molecule has 1 atom stereocenters. The number of carbonyl (C=O) groups excluding carboxylic acids is 2. The lowest BCUT2D eigenvalue weighted by Crippen LogP contribution is -2.45. The van der Waals surface area contributed by atoms with Crippen LogP contribution < -0.4 is 5.32 Å². The van der Waals surface area contributed by atoms with Gasteiger partial charge < -0.3 is 10.2 Å². The summed E-state index contributed by atoms with van der Waals surface area (Å²) in [5.41, 5.74) is 1.05. The molecule has 2 rings (SSSR count). The van der Waals surface area contributed by atoms with Gasteiger partial charge in [-0.3, -0.25) is 9.59 Å². The minimum atomic E-state index is 0.0507. The van der Waals surface area contributed by atoms with Gasteiger partial charge in [-0.15, -0.1) is 0 Å². The van der Waals surface area contributed by atoms with E-state index in [0.29, 0.717) is 19.5 Å². The van der Waals surface area contributed by atoms with Crippen molar-refractivity contribution in [1.29, 1.82) is 0 Å². The Morgan fingerprint density at radius 1 is 1.23 bits per heavy atom. The zero-order valence-electron chi connectivity index (χ0n) is 13.5. The highest BCUT2D eigenvalue weighted by molar-refractivity contribution is 5.81. The first kappa shape index (κ1) is 16.5. The molecule has 0 saturated carbocycles. The average Bonchev–Trinajstić information content (AvgIpc) is 2.55. The summed E-state index contributed by atoms with van der Waals surface area (Å²) in [6.07, 6.45) is 2.93. The molecule has 1 aromatic carbocycles. The Hall–Kier alpha value is -1.84. The van der Waals surface area contributed by atoms with E-state index in [-0.39, 0.29) is 23.8 Å². The third-order valence-corrected chi connectivity index (χ3v) is 4.42. The highest BCUT2D eigenvalue weighted by Crippen LogP contribution is 2.18. The molecule has 1 saturated heterocycles. The Kier molecular flexibility index (Phi) is 5.99. The van der Waals surface area contributed by atoms with Gasteiger partial charge in [0.05, 0.1) is 6.42 Å². The third-order valence-electron chi connectivity index (χ3n) is 4.42. The summed E-state index contributed by atoms with van der Waals surface area (Å²) in [5.74, 6) is 0.353. The monoisotopic (exact) mass is 302 g/mol. The van der Waals surface area contributed by atoms with Crippen molar-refractivity contribution in [1.82, 2.24) is 10.2 Å². The van der Waals surface area contributed by atoms with Gasteiger partial charge in [0.2, 0.25) is 11.8 Å². The van der Waals surface area contributed by atoms with Gasteiger partial charge in [0, 0.05) is 25.0 Å². The molecule has 4 nitrogen and oxygen atoms in total. The van der Waals surface area contributed by atoms with Crippen LogP contribution in [-0.2, 0) is 16.0 Å². The lowest BCUT2D eigenvalue weighted by Gasteiger charge is -2.32. The van der Waals surface area contributed by atoms with Gasteiger partial charge in [-0.1, -0.05) is 37.3 Å². The highest BCUT2D eigenvalue weighted by atomic mass is 16.2. The first-order chi connectivity index (χ1) is 10.6. The van der Waals surface area contributed by atoms with Gasteiger partial charge in [0.25, 0.3) is 0 Å². The van der Waals surface area contributed by atoms with Crippen molar-refractivity contribution in [2.75, 3.05) is 13.1 Å². The van der Waals surface area contributed by atoms with Crippen LogP contribution in [0.2, 0.25) is 0 Å². The fourth-order valence-corrected chi connectivity index (χ4v) is 2.74. The molecule has 4 heteroatoms. The predicted octanol–water partition coefficient (Wildman–Crippen LogP) is 2.38. The maximum absolute atomic E-state index is 12.3. The summed E-state index contributed by atoms with van der Waals surface area (Å²) < 4.78 is 0. The molecule has 0 aliphatic carbocycles. The molecule has 2 amide bonds. The van der Waals surface area contributed by atoms with Gasteiger partial charge in [0.15, 0.2) is 0 Å². The van der Waals surface area contributed by atoms with Crippen molar-refractivity contribution in [3.05, 3.63) is 35.9 Å². The smallest absolute Gasteiger partial charge is 0.226 e. The first-order valence-electron chi connectivity index (χ1n) is 8.22. The zero-order valence-corrected chi connectivity index (χ0v) is 13.5. The topological polar surface area (TPSA) is 49.4 Å². The van der Waals surface area contributed by atoms with E-state index in [0.717, 1.165) is 24.8 Å². The minimum Gasteiger partial charge on any atom is -0.353 e. The van der Waals surface area contributed by atoms with Gasteiger partial charge in [-0.2, -0.15) is 0 Å². The molecule has 1 aromatic rings. The lowest BCUT2D eigenvalue weighted by molar-refractivity contribution is -0.135. The Morgan fingerprint density at radius 2 is 1.86 bits per heavy atom. The Morgan fingerprint density at radius 3 is 2.45 bits per heavy atom. The second-order valence-corrected chi connectivity index (χ2v) is 6.14. The van der Waals surface area contributed by atoms with Crippen LogP contribution >= 0.6 is 0 Å². The van der Waals surface area contributed by atoms with Crippen LogP contribution in [0.4, 0.5) is 0 Å². The van der Waals surface area contributed by atoms with Crippen LogP contribution in [0.1, 0.15) is 38.7 Å². The molecule has 1 aliphatic rings. The van der Waals surface area contributed by atoms with Gasteiger partial charge in [-0.25, -0.2) is 0 Å².